The van der Waals surface area contributed by atoms with Gasteiger partial charge in [0, 0.05) is 13.1 Å². The van der Waals surface area contributed by atoms with Crippen molar-refractivity contribution in [3.8, 4) is 0 Å². The molecule has 6 nitrogen and oxygen atoms in total. The number of carboxylic acid groups (broad SMARTS) is 1. The van der Waals surface area contributed by atoms with Gasteiger partial charge in [-0.1, -0.05) is 57.5 Å². The highest BCUT2D eigenvalue weighted by molar-refractivity contribution is 6.40. The molecule has 0 saturated carbocycles. The van der Waals surface area contributed by atoms with Crippen molar-refractivity contribution in [2.24, 2.45) is 5.73 Å². The minimum atomic E-state index is -1.34. The van der Waals surface area contributed by atoms with Gasteiger partial charge in [0.25, 0.3) is 0 Å². The van der Waals surface area contributed by atoms with E-state index < -0.39 is 18.6 Å². The maximum Gasteiger partial charge on any atom is 0.451 e. The minimum absolute atomic E-state index is 0. The fraction of sp³-hybridized carbons (Fsp3) is 0.611. The quantitative estimate of drug-likeness (QED) is 0.338. The van der Waals surface area contributed by atoms with Crippen molar-refractivity contribution >= 4 is 13.1 Å². The molecule has 1 rings (SSSR count). The molecule has 0 spiro atoms. The number of hydrogen-bond donors (Lipinski definition) is 4. The van der Waals surface area contributed by atoms with Gasteiger partial charge in [-0.15, -0.1) is 0 Å². The molecule has 0 bridgehead atoms. The van der Waals surface area contributed by atoms with E-state index in [0.29, 0.717) is 32.2 Å². The molecule has 1 aromatic rings. The molecule has 1 unspecified atom stereocenters. The monoisotopic (exact) mass is 352 g/mol. The van der Waals surface area contributed by atoms with E-state index >= 15 is 0 Å². The molecule has 0 fully saturated rings. The first-order valence-electron chi connectivity index (χ1n) is 8.52. The molecule has 1 atom stereocenters. The number of unbranched alkanes of at least 4 members (excludes halogenated alkanes) is 1. The average Bonchev–Trinajstić information content (AvgIpc) is 2.56. The lowest BCUT2D eigenvalue weighted by molar-refractivity contribution is -0.144. The Morgan fingerprint density at radius 3 is 2.36 bits per heavy atom. The standard InChI is InChI=1S/C17H29BN2O4.CH4/c1-2-20(14-15-8-4-3-5-9-15)13-11-17(19,16(21)22)10-6-7-12-18(23)24;/h3-5,8-9,23-24H,2,6-7,10-14,19H2,1H3,(H,21,22);1H4. The summed E-state index contributed by atoms with van der Waals surface area (Å²) in [6, 6.07) is 10.1. The molecule has 5 N–H and O–H groups in total. The van der Waals surface area contributed by atoms with E-state index in [4.69, 9.17) is 15.8 Å². The zero-order chi connectivity index (χ0) is 18.0. The normalized spacial score (nSPS) is 13.2. The zero-order valence-electron chi connectivity index (χ0n) is 14.4. The first-order valence-corrected chi connectivity index (χ1v) is 8.52. The molecule has 25 heavy (non-hydrogen) atoms. The average molecular weight is 352 g/mol. The number of hydrogen-bond acceptors (Lipinski definition) is 5. The summed E-state index contributed by atoms with van der Waals surface area (Å²) in [6.45, 7) is 4.24. The maximum atomic E-state index is 11.6. The Kier molecular flexibility index (Phi) is 11.4. The van der Waals surface area contributed by atoms with Crippen molar-refractivity contribution in [3.63, 3.8) is 0 Å². The molecule has 0 saturated heterocycles. The Labute approximate surface area is 151 Å². The van der Waals surface area contributed by atoms with Crippen molar-refractivity contribution in [2.75, 3.05) is 13.1 Å². The van der Waals surface area contributed by atoms with E-state index in [1.54, 1.807) is 0 Å². The topological polar surface area (TPSA) is 107 Å². The first-order chi connectivity index (χ1) is 11.4. The molecule has 1 aromatic carbocycles. The van der Waals surface area contributed by atoms with Crippen LogP contribution in [-0.4, -0.2) is 51.8 Å². The van der Waals surface area contributed by atoms with Crippen molar-refractivity contribution in [3.05, 3.63) is 35.9 Å². The molecule has 0 aliphatic heterocycles. The number of carbonyl (C=O) groups is 1. The smallest absolute Gasteiger partial charge is 0.451 e. The summed E-state index contributed by atoms with van der Waals surface area (Å²) in [5.74, 6) is -0.997. The molecule has 0 aromatic heterocycles. The van der Waals surface area contributed by atoms with Crippen LogP contribution in [-0.2, 0) is 11.3 Å². The fourth-order valence-corrected chi connectivity index (χ4v) is 2.65. The van der Waals surface area contributed by atoms with Crippen molar-refractivity contribution in [2.45, 2.75) is 58.4 Å². The second-order valence-corrected chi connectivity index (χ2v) is 6.29. The predicted molar refractivity (Wildman–Crippen MR) is 102 cm³/mol. The minimum Gasteiger partial charge on any atom is -0.480 e. The number of carboxylic acids is 1. The van der Waals surface area contributed by atoms with E-state index in [1.165, 1.54) is 5.56 Å². The van der Waals surface area contributed by atoms with Crippen molar-refractivity contribution < 1.29 is 19.9 Å². The van der Waals surface area contributed by atoms with Gasteiger partial charge in [-0.3, -0.25) is 9.69 Å². The lowest BCUT2D eigenvalue weighted by Crippen LogP contribution is -2.50. The van der Waals surface area contributed by atoms with Crippen LogP contribution in [0, 0.1) is 0 Å². The summed E-state index contributed by atoms with van der Waals surface area (Å²) in [7, 11) is -1.34. The molecule has 0 aliphatic rings. The van der Waals surface area contributed by atoms with Crippen molar-refractivity contribution in [1.82, 2.24) is 4.90 Å². The van der Waals surface area contributed by atoms with Gasteiger partial charge in [0.2, 0.25) is 0 Å². The highest BCUT2D eigenvalue weighted by Gasteiger charge is 2.33. The largest absolute Gasteiger partial charge is 0.480 e. The predicted octanol–water partition coefficient (Wildman–Crippen LogP) is 1.96. The second kappa shape index (κ2) is 12.0. The van der Waals surface area contributed by atoms with Crippen LogP contribution >= 0.6 is 0 Å². The lowest BCUT2D eigenvalue weighted by atomic mass is 9.81. The van der Waals surface area contributed by atoms with E-state index in [9.17, 15) is 9.90 Å². The Hall–Kier alpha value is -1.41. The Morgan fingerprint density at radius 1 is 1.20 bits per heavy atom. The molecule has 0 heterocycles. The van der Waals surface area contributed by atoms with E-state index in [-0.39, 0.29) is 13.7 Å². The summed E-state index contributed by atoms with van der Waals surface area (Å²) < 4.78 is 0. The summed E-state index contributed by atoms with van der Waals surface area (Å²) in [5, 5.41) is 27.2. The van der Waals surface area contributed by atoms with Gasteiger partial charge in [0.1, 0.15) is 5.54 Å². The number of nitrogens with zero attached hydrogens (tertiary/aromatic N) is 1. The third-order valence-corrected chi connectivity index (χ3v) is 4.33. The first kappa shape index (κ1) is 23.6. The third-order valence-electron chi connectivity index (χ3n) is 4.33. The van der Waals surface area contributed by atoms with Crippen LogP contribution in [0.15, 0.2) is 30.3 Å². The number of benzene rings is 1. The van der Waals surface area contributed by atoms with Gasteiger partial charge in [-0.05, 0) is 31.3 Å². The highest BCUT2D eigenvalue weighted by Crippen LogP contribution is 2.19. The summed E-state index contributed by atoms with van der Waals surface area (Å²) in [4.78, 5) is 13.7. The van der Waals surface area contributed by atoms with Gasteiger partial charge in [-0.25, -0.2) is 0 Å². The third kappa shape index (κ3) is 9.02. The zero-order valence-corrected chi connectivity index (χ0v) is 14.4. The SMILES string of the molecule is C.CCN(CCC(N)(CCCCB(O)O)C(=O)O)Cc1ccccc1. The van der Waals surface area contributed by atoms with Gasteiger partial charge in [0.15, 0.2) is 0 Å². The Morgan fingerprint density at radius 2 is 1.84 bits per heavy atom. The lowest BCUT2D eigenvalue weighted by Gasteiger charge is -2.29. The van der Waals surface area contributed by atoms with E-state index in [0.717, 1.165) is 13.1 Å². The summed E-state index contributed by atoms with van der Waals surface area (Å²) >= 11 is 0. The second-order valence-electron chi connectivity index (χ2n) is 6.29. The van der Waals surface area contributed by atoms with Gasteiger partial charge < -0.3 is 20.9 Å². The van der Waals surface area contributed by atoms with Crippen LogP contribution in [0.4, 0.5) is 0 Å². The number of nitrogens with two attached hydrogens (primary N) is 1. The summed E-state index contributed by atoms with van der Waals surface area (Å²) in [5.41, 5.74) is 6.02. The molecule has 7 heteroatoms. The van der Waals surface area contributed by atoms with Crippen LogP contribution in [0.25, 0.3) is 0 Å². The Bertz CT molecular complexity index is 487. The number of rotatable bonds is 12. The van der Waals surface area contributed by atoms with Gasteiger partial charge >= 0.3 is 13.1 Å². The molecular formula is C18H33BN2O4. The van der Waals surface area contributed by atoms with Gasteiger partial charge in [-0.2, -0.15) is 0 Å². The maximum absolute atomic E-state index is 11.6. The molecule has 0 aliphatic carbocycles. The Balaban J connectivity index is 0.00000576. The van der Waals surface area contributed by atoms with Crippen molar-refractivity contribution in [1.29, 1.82) is 0 Å². The molecule has 142 valence electrons. The van der Waals surface area contributed by atoms with E-state index in [1.807, 2.05) is 25.1 Å². The fourth-order valence-electron chi connectivity index (χ4n) is 2.65. The molecular weight excluding hydrogens is 319 g/mol. The van der Waals surface area contributed by atoms with Crippen LogP contribution in [0.5, 0.6) is 0 Å². The summed E-state index contributed by atoms with van der Waals surface area (Å²) in [6.07, 6.45) is 2.05. The van der Waals surface area contributed by atoms with Crippen LogP contribution in [0.3, 0.4) is 0 Å². The number of aliphatic carboxylic acids is 1. The van der Waals surface area contributed by atoms with E-state index in [2.05, 4.69) is 17.0 Å². The molecule has 0 radical (unpaired) electrons. The molecule has 0 amide bonds. The van der Waals surface area contributed by atoms with Gasteiger partial charge in [0.05, 0.1) is 0 Å². The van der Waals surface area contributed by atoms with Crippen LogP contribution in [0.2, 0.25) is 6.32 Å². The highest BCUT2D eigenvalue weighted by atomic mass is 16.4. The van der Waals surface area contributed by atoms with Crippen LogP contribution < -0.4 is 5.73 Å². The van der Waals surface area contributed by atoms with Crippen LogP contribution in [0.1, 0.15) is 45.6 Å².